The molecule has 0 N–H and O–H groups in total. The quantitative estimate of drug-likeness (QED) is 0.714. The molecule has 2 aliphatic rings. The molecule has 0 bridgehead atoms. The molecule has 2 aliphatic heterocycles. The maximum Gasteiger partial charge on any atom is 0.230 e. The van der Waals surface area contributed by atoms with Crippen LogP contribution in [0.5, 0.6) is 0 Å². The molecule has 28 heavy (non-hydrogen) atoms. The zero-order valence-electron chi connectivity index (χ0n) is 17.0. The third-order valence-corrected chi connectivity index (χ3v) is 7.12. The Labute approximate surface area is 171 Å². The van der Waals surface area contributed by atoms with Crippen molar-refractivity contribution in [2.75, 3.05) is 39.9 Å². The highest BCUT2D eigenvalue weighted by Gasteiger charge is 2.57. The van der Waals surface area contributed by atoms with Crippen molar-refractivity contribution in [3.05, 3.63) is 40.6 Å². The van der Waals surface area contributed by atoms with Crippen LogP contribution in [0.4, 0.5) is 0 Å². The van der Waals surface area contributed by atoms with Crippen LogP contribution in [0.3, 0.4) is 0 Å². The molecule has 4 rings (SSSR count). The lowest BCUT2D eigenvalue weighted by molar-refractivity contribution is -0.136. The molecule has 2 aromatic heterocycles. The van der Waals surface area contributed by atoms with Gasteiger partial charge in [-0.3, -0.25) is 9.69 Å². The topological polar surface area (TPSA) is 50.6 Å². The minimum atomic E-state index is -0.360. The van der Waals surface area contributed by atoms with Gasteiger partial charge < -0.3 is 14.2 Å². The Morgan fingerprint density at radius 2 is 2.29 bits per heavy atom. The number of carbonyl (C=O) groups is 1. The maximum atomic E-state index is 13.5. The average Bonchev–Trinajstić information content (AvgIpc) is 3.44. The van der Waals surface area contributed by atoms with Gasteiger partial charge in [0.2, 0.25) is 5.91 Å². The van der Waals surface area contributed by atoms with Crippen LogP contribution < -0.4 is 0 Å². The Morgan fingerprint density at radius 1 is 1.43 bits per heavy atom. The number of nitrogens with zero attached hydrogens (tertiary/aromatic N) is 4. The van der Waals surface area contributed by atoms with E-state index in [4.69, 9.17) is 9.72 Å². The number of hydrogen-bond donors (Lipinski definition) is 0. The minimum Gasteiger partial charge on any atom is -0.383 e. The molecule has 152 valence electrons. The van der Waals surface area contributed by atoms with Crippen molar-refractivity contribution < 1.29 is 9.53 Å². The van der Waals surface area contributed by atoms with E-state index in [1.54, 1.807) is 18.4 Å². The molecule has 2 fully saturated rings. The van der Waals surface area contributed by atoms with Crippen LogP contribution >= 0.6 is 11.3 Å². The summed E-state index contributed by atoms with van der Waals surface area (Å²) in [5.74, 6) is 0.426. The van der Waals surface area contributed by atoms with Crippen LogP contribution in [0.15, 0.2) is 30.0 Å². The Morgan fingerprint density at radius 3 is 2.96 bits per heavy atom. The molecule has 0 unspecified atom stereocenters. The third-order valence-electron chi connectivity index (χ3n) is 6.25. The number of aromatic nitrogens is 2. The van der Waals surface area contributed by atoms with Gasteiger partial charge in [-0.2, -0.15) is 0 Å². The summed E-state index contributed by atoms with van der Waals surface area (Å²) in [6, 6.07) is 4.65. The van der Waals surface area contributed by atoms with E-state index >= 15 is 0 Å². The molecule has 0 aromatic carbocycles. The molecule has 2 aromatic rings. The Kier molecular flexibility index (Phi) is 5.58. The summed E-state index contributed by atoms with van der Waals surface area (Å²) in [5.41, 5.74) is 0.700. The maximum absolute atomic E-state index is 13.5. The fourth-order valence-corrected chi connectivity index (χ4v) is 5.43. The second-order valence-corrected chi connectivity index (χ2v) is 9.36. The molecule has 4 heterocycles. The molecule has 2 saturated heterocycles. The van der Waals surface area contributed by atoms with E-state index in [1.165, 1.54) is 4.88 Å². The van der Waals surface area contributed by atoms with Gasteiger partial charge >= 0.3 is 0 Å². The highest BCUT2D eigenvalue weighted by Crippen LogP contribution is 2.50. The van der Waals surface area contributed by atoms with Crippen LogP contribution in [0.2, 0.25) is 0 Å². The number of methoxy groups -OCH3 is 1. The van der Waals surface area contributed by atoms with Crippen molar-refractivity contribution in [1.82, 2.24) is 19.4 Å². The van der Waals surface area contributed by atoms with Gasteiger partial charge in [-0.1, -0.05) is 6.07 Å². The lowest BCUT2D eigenvalue weighted by atomic mass is 9.75. The number of ether oxygens (including phenoxy) is 1. The summed E-state index contributed by atoms with van der Waals surface area (Å²) >= 11 is 1.78. The first-order valence-corrected chi connectivity index (χ1v) is 11.0. The van der Waals surface area contributed by atoms with Crippen LogP contribution in [0, 0.1) is 5.41 Å². The summed E-state index contributed by atoms with van der Waals surface area (Å²) in [7, 11) is 1.69. The summed E-state index contributed by atoms with van der Waals surface area (Å²) < 4.78 is 7.36. The Hall–Kier alpha value is -1.70. The fourth-order valence-electron chi connectivity index (χ4n) is 4.68. The van der Waals surface area contributed by atoms with Gasteiger partial charge in [-0.15, -0.1) is 11.3 Å². The van der Waals surface area contributed by atoms with Crippen molar-refractivity contribution in [3.63, 3.8) is 0 Å². The van der Waals surface area contributed by atoms with E-state index in [0.717, 1.165) is 38.3 Å². The number of imidazole rings is 1. The lowest BCUT2D eigenvalue weighted by Crippen LogP contribution is -2.40. The molecule has 0 saturated carbocycles. The van der Waals surface area contributed by atoms with E-state index in [1.807, 2.05) is 11.2 Å². The van der Waals surface area contributed by atoms with Gasteiger partial charge in [-0.25, -0.2) is 4.98 Å². The second kappa shape index (κ2) is 7.97. The van der Waals surface area contributed by atoms with Gasteiger partial charge in [0.1, 0.15) is 0 Å². The molecule has 0 radical (unpaired) electrons. The zero-order valence-corrected chi connectivity index (χ0v) is 17.8. The second-order valence-electron chi connectivity index (χ2n) is 8.33. The smallest absolute Gasteiger partial charge is 0.230 e. The summed E-state index contributed by atoms with van der Waals surface area (Å²) in [6.07, 6.45) is 4.96. The number of thiophene rings is 1. The van der Waals surface area contributed by atoms with E-state index in [-0.39, 0.29) is 17.2 Å². The Bertz CT molecular complexity index is 803. The number of amides is 1. The molecule has 0 aliphatic carbocycles. The number of likely N-dealkylation sites (tertiary alicyclic amines) is 2. The zero-order chi connectivity index (χ0) is 19.7. The summed E-state index contributed by atoms with van der Waals surface area (Å²) in [5, 5.41) is 2.12. The molecule has 7 heteroatoms. The van der Waals surface area contributed by atoms with E-state index in [0.29, 0.717) is 19.2 Å². The first kappa shape index (κ1) is 19.6. The predicted octanol–water partition coefficient (Wildman–Crippen LogP) is 2.99. The largest absolute Gasteiger partial charge is 0.383 e. The van der Waals surface area contributed by atoms with Gasteiger partial charge in [0.05, 0.1) is 24.0 Å². The van der Waals surface area contributed by atoms with Crippen LogP contribution in [0.25, 0.3) is 0 Å². The third kappa shape index (κ3) is 3.51. The van der Waals surface area contributed by atoms with Crippen molar-refractivity contribution in [3.8, 4) is 0 Å². The van der Waals surface area contributed by atoms with Crippen molar-refractivity contribution in [2.45, 2.75) is 38.8 Å². The average molecular weight is 403 g/mol. The first-order valence-electron chi connectivity index (χ1n) is 10.1. The highest BCUT2D eigenvalue weighted by molar-refractivity contribution is 7.09. The molecular formula is C21H30N4O2S. The first-order chi connectivity index (χ1) is 13.5. The van der Waals surface area contributed by atoms with Crippen molar-refractivity contribution >= 4 is 17.2 Å². The van der Waals surface area contributed by atoms with Crippen molar-refractivity contribution in [1.29, 1.82) is 0 Å². The van der Waals surface area contributed by atoms with E-state index in [2.05, 4.69) is 47.0 Å². The minimum absolute atomic E-state index is 0.146. The standard InChI is InChI=1S/C21H30N4O2S/c1-16(2)25-13-19(22-15-25)18-12-23(11-17-5-4-10-28-17)14-21(18)6-7-24(20(21)26)8-9-27-3/h4-5,10,13,15-16,18H,6-9,11-12,14H2,1-3H3/t18-,21+/m1/s1. The summed E-state index contributed by atoms with van der Waals surface area (Å²) in [6.45, 7) is 9.01. The van der Waals surface area contributed by atoms with Gasteiger partial charge in [0.15, 0.2) is 0 Å². The molecule has 1 amide bonds. The fraction of sp³-hybridized carbons (Fsp3) is 0.619. The molecule has 6 nitrogen and oxygen atoms in total. The number of carbonyl (C=O) groups excluding carboxylic acids is 1. The number of hydrogen-bond acceptors (Lipinski definition) is 5. The molecular weight excluding hydrogens is 372 g/mol. The monoisotopic (exact) mass is 402 g/mol. The van der Waals surface area contributed by atoms with Gasteiger partial charge in [-0.05, 0) is 31.7 Å². The Balaban J connectivity index is 1.61. The van der Waals surface area contributed by atoms with E-state index in [9.17, 15) is 4.79 Å². The van der Waals surface area contributed by atoms with E-state index < -0.39 is 0 Å². The van der Waals surface area contributed by atoms with Crippen LogP contribution in [-0.2, 0) is 16.1 Å². The van der Waals surface area contributed by atoms with Crippen molar-refractivity contribution in [2.24, 2.45) is 5.41 Å². The van der Waals surface area contributed by atoms with Crippen LogP contribution in [0.1, 0.15) is 42.8 Å². The summed E-state index contributed by atoms with van der Waals surface area (Å²) in [4.78, 5) is 24.0. The van der Waals surface area contributed by atoms with Crippen LogP contribution in [-0.4, -0.2) is 65.2 Å². The van der Waals surface area contributed by atoms with Gasteiger partial charge in [0, 0.05) is 62.9 Å². The van der Waals surface area contributed by atoms with Gasteiger partial charge in [0.25, 0.3) is 0 Å². The highest BCUT2D eigenvalue weighted by atomic mass is 32.1. The molecule has 2 atom stereocenters. The normalized spacial score (nSPS) is 25.6. The lowest BCUT2D eigenvalue weighted by Gasteiger charge is -2.28. The predicted molar refractivity (Wildman–Crippen MR) is 110 cm³/mol. The molecule has 1 spiro atoms. The SMILES string of the molecule is COCCN1CC[C@@]2(CN(Cc3cccs3)C[C@@H]2c2cn(C(C)C)cn2)C1=O. The number of rotatable bonds is 7.